The van der Waals surface area contributed by atoms with Gasteiger partial charge in [0.15, 0.2) is 0 Å². The van der Waals surface area contributed by atoms with Crippen LogP contribution in [-0.4, -0.2) is 34.3 Å². The second-order valence-corrected chi connectivity index (χ2v) is 9.06. The number of carbonyl (C=O) groups is 1. The molecule has 1 aliphatic heterocycles. The van der Waals surface area contributed by atoms with Crippen LogP contribution in [0.5, 0.6) is 0 Å². The van der Waals surface area contributed by atoms with Crippen molar-refractivity contribution in [3.05, 3.63) is 36.5 Å². The number of para-hydroxylation sites is 1. The molecule has 2 heterocycles. The average Bonchev–Trinajstić information content (AvgIpc) is 3.21. The summed E-state index contributed by atoms with van der Waals surface area (Å²) in [5.74, 6) is 0. The SMILES string of the molecule is CC(C)(C)OC(=O)N1CCC(n2ccc3ccccc32)C2(CCCC2)C1. The molecule has 2 fully saturated rings. The number of benzene rings is 1. The number of nitrogens with zero attached hydrogens (tertiary/aromatic N) is 2. The van der Waals surface area contributed by atoms with Gasteiger partial charge >= 0.3 is 6.09 Å². The maximum absolute atomic E-state index is 12.7. The quantitative estimate of drug-likeness (QED) is 0.689. The predicted molar refractivity (Wildman–Crippen MR) is 104 cm³/mol. The van der Waals surface area contributed by atoms with Crippen molar-refractivity contribution in [2.75, 3.05) is 13.1 Å². The van der Waals surface area contributed by atoms with Crippen molar-refractivity contribution in [3.8, 4) is 0 Å². The summed E-state index contributed by atoms with van der Waals surface area (Å²) in [6, 6.07) is 11.3. The van der Waals surface area contributed by atoms with Gasteiger partial charge in [0, 0.05) is 36.3 Å². The summed E-state index contributed by atoms with van der Waals surface area (Å²) in [5.41, 5.74) is 1.05. The molecule has 1 spiro atoms. The Morgan fingerprint density at radius 3 is 2.62 bits per heavy atom. The van der Waals surface area contributed by atoms with E-state index in [2.05, 4.69) is 41.1 Å². The lowest BCUT2D eigenvalue weighted by atomic mass is 9.74. The van der Waals surface area contributed by atoms with Crippen molar-refractivity contribution in [3.63, 3.8) is 0 Å². The van der Waals surface area contributed by atoms with E-state index in [4.69, 9.17) is 4.74 Å². The molecule has 0 N–H and O–H groups in total. The van der Waals surface area contributed by atoms with Crippen LogP contribution >= 0.6 is 0 Å². The Morgan fingerprint density at radius 1 is 1.15 bits per heavy atom. The third kappa shape index (κ3) is 3.10. The number of likely N-dealkylation sites (tertiary alicyclic amines) is 1. The van der Waals surface area contributed by atoms with E-state index in [9.17, 15) is 4.79 Å². The molecule has 4 heteroatoms. The molecular formula is C22H30N2O2. The first-order valence-electron chi connectivity index (χ1n) is 9.92. The summed E-state index contributed by atoms with van der Waals surface area (Å²) in [5, 5.41) is 1.30. The molecule has 140 valence electrons. The lowest BCUT2D eigenvalue weighted by molar-refractivity contribution is -0.00869. The second kappa shape index (κ2) is 6.33. The first-order valence-corrected chi connectivity index (χ1v) is 9.92. The fourth-order valence-electron chi connectivity index (χ4n) is 5.01. The molecule has 0 radical (unpaired) electrons. The number of hydrogen-bond acceptors (Lipinski definition) is 2. The molecule has 1 atom stereocenters. The zero-order valence-corrected chi connectivity index (χ0v) is 16.2. The van der Waals surface area contributed by atoms with Crippen LogP contribution in [0.2, 0.25) is 0 Å². The van der Waals surface area contributed by atoms with E-state index in [0.717, 1.165) is 19.5 Å². The highest BCUT2D eigenvalue weighted by molar-refractivity contribution is 5.80. The molecule has 2 aliphatic rings. The van der Waals surface area contributed by atoms with Crippen molar-refractivity contribution in [1.82, 2.24) is 9.47 Å². The van der Waals surface area contributed by atoms with Crippen molar-refractivity contribution >= 4 is 17.0 Å². The number of amides is 1. The number of carbonyl (C=O) groups excluding carboxylic acids is 1. The first kappa shape index (κ1) is 17.4. The number of rotatable bonds is 1. The third-order valence-electron chi connectivity index (χ3n) is 6.10. The molecule has 2 aromatic rings. The van der Waals surface area contributed by atoms with E-state index in [-0.39, 0.29) is 11.5 Å². The van der Waals surface area contributed by atoms with Gasteiger partial charge in [0.05, 0.1) is 0 Å². The van der Waals surface area contributed by atoms with E-state index in [1.165, 1.54) is 36.6 Å². The number of ether oxygens (including phenoxy) is 1. The topological polar surface area (TPSA) is 34.5 Å². The largest absolute Gasteiger partial charge is 0.444 e. The van der Waals surface area contributed by atoms with Crippen LogP contribution < -0.4 is 0 Å². The van der Waals surface area contributed by atoms with Crippen molar-refractivity contribution in [1.29, 1.82) is 0 Å². The van der Waals surface area contributed by atoms with E-state index in [0.29, 0.717) is 6.04 Å². The Kier molecular flexibility index (Phi) is 4.25. The summed E-state index contributed by atoms with van der Waals surface area (Å²) in [4.78, 5) is 14.6. The van der Waals surface area contributed by atoms with Gasteiger partial charge in [-0.25, -0.2) is 4.79 Å². The zero-order chi connectivity index (χ0) is 18.4. The van der Waals surface area contributed by atoms with Crippen molar-refractivity contribution < 1.29 is 9.53 Å². The smallest absolute Gasteiger partial charge is 0.410 e. The highest BCUT2D eigenvalue weighted by Gasteiger charge is 2.47. The maximum Gasteiger partial charge on any atom is 0.410 e. The van der Waals surface area contributed by atoms with E-state index >= 15 is 0 Å². The standard InChI is InChI=1S/C22H30N2O2/c1-21(2,3)26-20(25)23-14-11-19(22(16-23)12-6-7-13-22)24-15-10-17-8-4-5-9-18(17)24/h4-5,8-10,15,19H,6-7,11-14,16H2,1-3H3. The molecule has 1 amide bonds. The molecule has 4 nitrogen and oxygen atoms in total. The predicted octanol–water partition coefficient (Wildman–Crippen LogP) is 5.38. The summed E-state index contributed by atoms with van der Waals surface area (Å²) in [6.07, 6.45) is 8.01. The zero-order valence-electron chi connectivity index (χ0n) is 16.2. The maximum atomic E-state index is 12.7. The lowest BCUT2D eigenvalue weighted by Crippen LogP contribution is -2.51. The van der Waals surface area contributed by atoms with Gasteiger partial charge in [-0.3, -0.25) is 0 Å². The summed E-state index contributed by atoms with van der Waals surface area (Å²) < 4.78 is 8.14. The fraction of sp³-hybridized carbons (Fsp3) is 0.591. The molecule has 1 unspecified atom stereocenters. The van der Waals surface area contributed by atoms with Gasteiger partial charge in [0.25, 0.3) is 0 Å². The van der Waals surface area contributed by atoms with E-state index < -0.39 is 5.60 Å². The number of piperidine rings is 1. The van der Waals surface area contributed by atoms with Gasteiger partial charge in [-0.15, -0.1) is 0 Å². The summed E-state index contributed by atoms with van der Waals surface area (Å²) >= 11 is 0. The van der Waals surface area contributed by atoms with Crippen LogP contribution in [0.25, 0.3) is 10.9 Å². The minimum Gasteiger partial charge on any atom is -0.444 e. The van der Waals surface area contributed by atoms with Crippen LogP contribution in [0.1, 0.15) is 58.9 Å². The molecule has 0 bridgehead atoms. The molecular weight excluding hydrogens is 324 g/mol. The van der Waals surface area contributed by atoms with Crippen LogP contribution in [0.4, 0.5) is 4.79 Å². The number of fused-ring (bicyclic) bond motifs is 1. The van der Waals surface area contributed by atoms with Gasteiger partial charge in [0.1, 0.15) is 5.60 Å². The van der Waals surface area contributed by atoms with Crippen LogP contribution in [0, 0.1) is 5.41 Å². The normalized spacial score (nSPS) is 22.9. The Labute approximate surface area is 156 Å². The Bertz CT molecular complexity index is 796. The van der Waals surface area contributed by atoms with Gasteiger partial charge in [-0.1, -0.05) is 31.0 Å². The molecule has 1 aliphatic carbocycles. The molecule has 1 saturated carbocycles. The number of hydrogen-bond donors (Lipinski definition) is 0. The van der Waals surface area contributed by atoms with Crippen LogP contribution in [-0.2, 0) is 4.74 Å². The fourth-order valence-corrected chi connectivity index (χ4v) is 5.01. The van der Waals surface area contributed by atoms with Gasteiger partial charge in [0.2, 0.25) is 0 Å². The Balaban J connectivity index is 1.63. The molecule has 1 saturated heterocycles. The second-order valence-electron chi connectivity index (χ2n) is 9.06. The van der Waals surface area contributed by atoms with Crippen molar-refractivity contribution in [2.45, 2.75) is 64.5 Å². The third-order valence-corrected chi connectivity index (χ3v) is 6.10. The highest BCUT2D eigenvalue weighted by atomic mass is 16.6. The van der Waals surface area contributed by atoms with Gasteiger partial charge < -0.3 is 14.2 Å². The molecule has 4 rings (SSSR count). The highest BCUT2D eigenvalue weighted by Crippen LogP contribution is 2.51. The minimum absolute atomic E-state index is 0.153. The molecule has 1 aromatic heterocycles. The minimum atomic E-state index is -0.437. The van der Waals surface area contributed by atoms with E-state index in [1.54, 1.807) is 0 Å². The van der Waals surface area contributed by atoms with Gasteiger partial charge in [-0.05, 0) is 57.6 Å². The van der Waals surface area contributed by atoms with Crippen LogP contribution in [0.3, 0.4) is 0 Å². The summed E-state index contributed by atoms with van der Waals surface area (Å²) in [6.45, 7) is 7.41. The van der Waals surface area contributed by atoms with Crippen LogP contribution in [0.15, 0.2) is 36.5 Å². The van der Waals surface area contributed by atoms with Gasteiger partial charge in [-0.2, -0.15) is 0 Å². The monoisotopic (exact) mass is 354 g/mol. The molecule has 1 aromatic carbocycles. The summed E-state index contributed by atoms with van der Waals surface area (Å²) in [7, 11) is 0. The van der Waals surface area contributed by atoms with Crippen molar-refractivity contribution in [2.24, 2.45) is 5.41 Å². The average molecular weight is 354 g/mol. The number of aromatic nitrogens is 1. The van der Waals surface area contributed by atoms with E-state index in [1.807, 2.05) is 25.7 Å². The Hall–Kier alpha value is -1.97. The first-order chi connectivity index (χ1) is 12.4. The lowest BCUT2D eigenvalue weighted by Gasteiger charge is -2.47. The molecule has 26 heavy (non-hydrogen) atoms. The Morgan fingerprint density at radius 2 is 1.88 bits per heavy atom.